The minimum Gasteiger partial charge on any atom is -0.310 e. The van der Waals surface area contributed by atoms with Crippen LogP contribution < -0.4 is 25.6 Å². The van der Waals surface area contributed by atoms with E-state index >= 15 is 0 Å². The van der Waals surface area contributed by atoms with Gasteiger partial charge < -0.3 is 4.90 Å². The molecule has 0 saturated carbocycles. The van der Waals surface area contributed by atoms with E-state index in [0.29, 0.717) is 0 Å². The monoisotopic (exact) mass is 635 g/mol. The van der Waals surface area contributed by atoms with Gasteiger partial charge in [-0.05, 0) is 95.7 Å². The number of anilines is 3. The fourth-order valence-corrected chi connectivity index (χ4v) is 14.5. The Morgan fingerprint density at radius 3 is 1.43 bits per heavy atom. The maximum atomic E-state index is 2.53. The maximum Gasteiger partial charge on any atom is 0.113 e. The molecule has 2 aliphatic rings. The number of fused-ring (bicyclic) bond motifs is 7. The third-order valence-corrected chi connectivity index (χ3v) is 17.9. The molecule has 0 aliphatic carbocycles. The summed E-state index contributed by atoms with van der Waals surface area (Å²) >= 11 is 0. The van der Waals surface area contributed by atoms with Gasteiger partial charge in [0.05, 0.1) is 5.69 Å². The first-order chi connectivity index (χ1) is 22.8. The third-order valence-electron chi connectivity index (χ3n) is 10.9. The SMILES string of the molecule is C[Si]1(C)c2ccccc2-c2ccc(N(c3ccc4c(c3)[Si](C)(C)c3ccccc3-4)c3ccccc3-c3ccc4ccccc4c3)cc21. The number of para-hydroxylation sites is 1. The Kier molecular flexibility index (Phi) is 6.18. The lowest BCUT2D eigenvalue weighted by Gasteiger charge is -2.30. The average molecular weight is 636 g/mol. The van der Waals surface area contributed by atoms with E-state index in [4.69, 9.17) is 0 Å². The van der Waals surface area contributed by atoms with Crippen LogP contribution in [0.3, 0.4) is 0 Å². The van der Waals surface area contributed by atoms with Gasteiger partial charge in [-0.25, -0.2) is 0 Å². The highest BCUT2D eigenvalue weighted by Gasteiger charge is 2.39. The first-order valence-corrected chi connectivity index (χ1v) is 22.7. The van der Waals surface area contributed by atoms with Crippen LogP contribution in [0.2, 0.25) is 26.2 Å². The Labute approximate surface area is 279 Å². The van der Waals surface area contributed by atoms with E-state index in [2.05, 4.69) is 183 Å². The lowest BCUT2D eigenvalue weighted by atomic mass is 9.98. The van der Waals surface area contributed by atoms with Crippen molar-refractivity contribution in [2.24, 2.45) is 0 Å². The molecule has 0 amide bonds. The number of hydrogen-bond acceptors (Lipinski definition) is 1. The van der Waals surface area contributed by atoms with E-state index in [1.807, 2.05) is 0 Å². The molecule has 47 heavy (non-hydrogen) atoms. The first kappa shape index (κ1) is 28.3. The molecule has 0 atom stereocenters. The van der Waals surface area contributed by atoms with Crippen molar-refractivity contribution < 1.29 is 0 Å². The molecule has 0 saturated heterocycles. The van der Waals surface area contributed by atoms with Gasteiger partial charge in [-0.1, -0.05) is 141 Å². The van der Waals surface area contributed by atoms with Crippen LogP contribution in [0.5, 0.6) is 0 Å². The predicted molar refractivity (Wildman–Crippen MR) is 208 cm³/mol. The van der Waals surface area contributed by atoms with Crippen LogP contribution in [0, 0.1) is 0 Å². The summed E-state index contributed by atoms with van der Waals surface area (Å²) in [6.45, 7) is 10.0. The van der Waals surface area contributed by atoms with Crippen molar-refractivity contribution in [3.05, 3.63) is 152 Å². The summed E-state index contributed by atoms with van der Waals surface area (Å²) < 4.78 is 0. The molecule has 1 nitrogen and oxygen atoms in total. The van der Waals surface area contributed by atoms with Crippen molar-refractivity contribution in [3.63, 3.8) is 0 Å². The zero-order chi connectivity index (χ0) is 31.9. The van der Waals surface area contributed by atoms with Crippen LogP contribution in [0.25, 0.3) is 44.2 Å². The second kappa shape index (κ2) is 10.3. The topological polar surface area (TPSA) is 3.24 Å². The van der Waals surface area contributed by atoms with Crippen molar-refractivity contribution in [1.82, 2.24) is 0 Å². The van der Waals surface area contributed by atoms with Crippen molar-refractivity contribution in [1.29, 1.82) is 0 Å². The quantitative estimate of drug-likeness (QED) is 0.174. The standard InChI is InChI=1S/C44H37NSi2/c1-46(2)41-19-11-8-16-36(41)38-25-23-33(28-43(38)46)45(34-24-26-39-37-17-9-12-20-42(37)47(3,4)44(39)29-34)40-18-10-7-15-35(40)32-22-21-30-13-5-6-14-31(30)27-32/h5-29H,1-4H3. The Morgan fingerprint density at radius 2 is 0.830 bits per heavy atom. The maximum absolute atomic E-state index is 2.53. The molecule has 3 heteroatoms. The summed E-state index contributed by atoms with van der Waals surface area (Å²) in [5, 5.41) is 8.65. The zero-order valence-electron chi connectivity index (χ0n) is 27.4. The van der Waals surface area contributed by atoms with Crippen molar-refractivity contribution in [2.75, 3.05) is 4.90 Å². The summed E-state index contributed by atoms with van der Waals surface area (Å²) in [5.74, 6) is 0. The molecule has 0 N–H and O–H groups in total. The molecule has 7 aromatic rings. The molecule has 9 rings (SSSR count). The number of benzene rings is 7. The summed E-state index contributed by atoms with van der Waals surface area (Å²) in [5.41, 5.74) is 11.8. The molecule has 2 heterocycles. The summed E-state index contributed by atoms with van der Waals surface area (Å²) in [4.78, 5) is 2.53. The van der Waals surface area contributed by atoms with Crippen LogP contribution in [0.1, 0.15) is 0 Å². The highest BCUT2D eigenvalue weighted by molar-refractivity contribution is 7.04. The van der Waals surface area contributed by atoms with Crippen LogP contribution >= 0.6 is 0 Å². The number of nitrogens with zero attached hydrogens (tertiary/aromatic N) is 1. The largest absolute Gasteiger partial charge is 0.310 e. The molecule has 0 bridgehead atoms. The molecule has 0 radical (unpaired) electrons. The summed E-state index contributed by atoms with van der Waals surface area (Å²) in [6, 6.07) is 57.2. The molecule has 0 aromatic heterocycles. The van der Waals surface area contributed by atoms with E-state index in [-0.39, 0.29) is 0 Å². The van der Waals surface area contributed by atoms with Gasteiger partial charge in [0, 0.05) is 16.9 Å². The minimum absolute atomic E-state index is 1.20. The van der Waals surface area contributed by atoms with Crippen LogP contribution in [-0.4, -0.2) is 16.1 Å². The first-order valence-electron chi connectivity index (χ1n) is 16.7. The Morgan fingerprint density at radius 1 is 0.362 bits per heavy atom. The average Bonchev–Trinajstić information content (AvgIpc) is 3.48. The molecule has 0 fully saturated rings. The van der Waals surface area contributed by atoms with Gasteiger partial charge in [0.2, 0.25) is 0 Å². The molecule has 7 aromatic carbocycles. The van der Waals surface area contributed by atoms with E-state index in [1.165, 1.54) is 71.6 Å². The van der Waals surface area contributed by atoms with Crippen molar-refractivity contribution in [3.8, 4) is 33.4 Å². The molecule has 226 valence electrons. The highest BCUT2D eigenvalue weighted by atomic mass is 28.3. The second-order valence-corrected chi connectivity index (χ2v) is 22.9. The fourth-order valence-electron chi connectivity index (χ4n) is 8.36. The van der Waals surface area contributed by atoms with Gasteiger partial charge in [0.1, 0.15) is 16.1 Å². The fraction of sp³-hybridized carbons (Fsp3) is 0.0909. The van der Waals surface area contributed by atoms with Gasteiger partial charge in [0.25, 0.3) is 0 Å². The Bertz CT molecular complexity index is 2280. The van der Waals surface area contributed by atoms with Crippen LogP contribution in [0.15, 0.2) is 152 Å². The van der Waals surface area contributed by atoms with E-state index in [1.54, 1.807) is 10.4 Å². The van der Waals surface area contributed by atoms with Gasteiger partial charge in [-0.2, -0.15) is 0 Å². The molecule has 0 spiro atoms. The summed E-state index contributed by atoms with van der Waals surface area (Å²) in [7, 11) is -3.74. The molecular formula is C44H37NSi2. The van der Waals surface area contributed by atoms with E-state index < -0.39 is 16.1 Å². The third kappa shape index (κ3) is 4.20. The van der Waals surface area contributed by atoms with Gasteiger partial charge in [-0.15, -0.1) is 0 Å². The Balaban J connectivity index is 1.28. The van der Waals surface area contributed by atoms with Crippen molar-refractivity contribution >= 4 is 64.7 Å². The van der Waals surface area contributed by atoms with Crippen LogP contribution in [-0.2, 0) is 0 Å². The van der Waals surface area contributed by atoms with Crippen molar-refractivity contribution in [2.45, 2.75) is 26.2 Å². The summed E-state index contributed by atoms with van der Waals surface area (Å²) in [6.07, 6.45) is 0. The van der Waals surface area contributed by atoms with E-state index in [0.717, 1.165) is 0 Å². The molecule has 2 aliphatic heterocycles. The normalized spacial score (nSPS) is 14.7. The lowest BCUT2D eigenvalue weighted by molar-refractivity contribution is 1.29. The van der Waals surface area contributed by atoms with E-state index in [9.17, 15) is 0 Å². The predicted octanol–water partition coefficient (Wildman–Crippen LogP) is 9.58. The van der Waals surface area contributed by atoms with Gasteiger partial charge in [0.15, 0.2) is 0 Å². The highest BCUT2D eigenvalue weighted by Crippen LogP contribution is 2.43. The van der Waals surface area contributed by atoms with Gasteiger partial charge in [-0.3, -0.25) is 0 Å². The number of rotatable bonds is 4. The molecular weight excluding hydrogens is 599 g/mol. The smallest absolute Gasteiger partial charge is 0.113 e. The molecule has 0 unspecified atom stereocenters. The van der Waals surface area contributed by atoms with Gasteiger partial charge >= 0.3 is 0 Å². The lowest BCUT2D eigenvalue weighted by Crippen LogP contribution is -2.49. The van der Waals surface area contributed by atoms with Crippen LogP contribution in [0.4, 0.5) is 17.1 Å². The second-order valence-electron chi connectivity index (χ2n) is 14.2. The minimum atomic E-state index is -1.87. The zero-order valence-corrected chi connectivity index (χ0v) is 29.4. The Hall–Kier alpha value is -4.97. The number of hydrogen-bond donors (Lipinski definition) is 0.